The summed E-state index contributed by atoms with van der Waals surface area (Å²) in [6, 6.07) is 11.7. The Kier molecular flexibility index (Phi) is 4.82. The molecule has 0 unspecified atom stereocenters. The Labute approximate surface area is 126 Å². The standard InChI is InChI=1S/C14H11Cl2NO3/c15-8-10-4-6-11(7-5-10)20-9-12-13(16)2-1-3-14(12)17(18)19/h1-7H,8-9H2. The number of benzene rings is 2. The SMILES string of the molecule is O=[N+]([O-])c1cccc(Cl)c1COc1ccc(CCl)cc1. The Balaban J connectivity index is 2.16. The van der Waals surface area contributed by atoms with Gasteiger partial charge in [-0.1, -0.05) is 29.8 Å². The zero-order valence-electron chi connectivity index (χ0n) is 10.4. The predicted molar refractivity (Wildman–Crippen MR) is 78.4 cm³/mol. The Morgan fingerprint density at radius 2 is 1.85 bits per heavy atom. The van der Waals surface area contributed by atoms with Gasteiger partial charge in [-0.15, -0.1) is 11.6 Å². The fourth-order valence-electron chi connectivity index (χ4n) is 1.69. The van der Waals surface area contributed by atoms with Crippen LogP contribution in [0.4, 0.5) is 5.69 Å². The second kappa shape index (κ2) is 6.59. The molecule has 0 spiro atoms. The van der Waals surface area contributed by atoms with Gasteiger partial charge in [0.05, 0.1) is 15.5 Å². The largest absolute Gasteiger partial charge is 0.489 e. The summed E-state index contributed by atoms with van der Waals surface area (Å²) in [5.74, 6) is 1.03. The summed E-state index contributed by atoms with van der Waals surface area (Å²) in [5.41, 5.74) is 1.29. The molecule has 2 aromatic rings. The van der Waals surface area contributed by atoms with Crippen LogP contribution in [0.25, 0.3) is 0 Å². The van der Waals surface area contributed by atoms with E-state index in [0.717, 1.165) is 5.56 Å². The highest BCUT2D eigenvalue weighted by Gasteiger charge is 2.16. The van der Waals surface area contributed by atoms with Gasteiger partial charge in [0.1, 0.15) is 12.4 Å². The number of alkyl halides is 1. The minimum absolute atomic E-state index is 0.0379. The summed E-state index contributed by atoms with van der Waals surface area (Å²) >= 11 is 11.7. The van der Waals surface area contributed by atoms with Gasteiger partial charge in [0.25, 0.3) is 5.69 Å². The van der Waals surface area contributed by atoms with Crippen LogP contribution >= 0.6 is 23.2 Å². The average Bonchev–Trinajstić information content (AvgIpc) is 2.46. The van der Waals surface area contributed by atoms with Crippen LogP contribution in [0, 0.1) is 10.1 Å². The molecule has 6 heteroatoms. The molecule has 0 aliphatic rings. The van der Waals surface area contributed by atoms with Crippen molar-refractivity contribution in [3.05, 3.63) is 68.7 Å². The first-order valence-electron chi connectivity index (χ1n) is 5.81. The molecule has 20 heavy (non-hydrogen) atoms. The van der Waals surface area contributed by atoms with Crippen LogP contribution in [0.5, 0.6) is 5.75 Å². The van der Waals surface area contributed by atoms with E-state index in [9.17, 15) is 10.1 Å². The predicted octanol–water partition coefficient (Wildman–Crippen LogP) is 4.57. The fraction of sp³-hybridized carbons (Fsp3) is 0.143. The Hall–Kier alpha value is -1.78. The molecule has 0 saturated carbocycles. The number of ether oxygens (including phenoxy) is 1. The quantitative estimate of drug-likeness (QED) is 0.462. The van der Waals surface area contributed by atoms with Crippen molar-refractivity contribution in [2.75, 3.05) is 0 Å². The molecule has 104 valence electrons. The van der Waals surface area contributed by atoms with Gasteiger partial charge in [0, 0.05) is 11.9 Å². The van der Waals surface area contributed by atoms with Crippen LogP contribution in [0.1, 0.15) is 11.1 Å². The Morgan fingerprint density at radius 3 is 2.45 bits per heavy atom. The maximum absolute atomic E-state index is 10.9. The van der Waals surface area contributed by atoms with Gasteiger partial charge in [0.2, 0.25) is 0 Å². The van der Waals surface area contributed by atoms with Gasteiger partial charge in [-0.05, 0) is 23.8 Å². The van der Waals surface area contributed by atoms with Crippen molar-refractivity contribution < 1.29 is 9.66 Å². The van der Waals surface area contributed by atoms with Crippen LogP contribution in [-0.2, 0) is 12.5 Å². The van der Waals surface area contributed by atoms with E-state index in [1.54, 1.807) is 24.3 Å². The van der Waals surface area contributed by atoms with E-state index in [1.807, 2.05) is 12.1 Å². The first-order chi connectivity index (χ1) is 9.61. The fourth-order valence-corrected chi connectivity index (χ4v) is 2.09. The number of hydrogen-bond donors (Lipinski definition) is 0. The minimum Gasteiger partial charge on any atom is -0.489 e. The molecule has 0 atom stereocenters. The molecule has 0 saturated heterocycles. The van der Waals surface area contributed by atoms with Gasteiger partial charge in [0.15, 0.2) is 0 Å². The topological polar surface area (TPSA) is 52.4 Å². The Morgan fingerprint density at radius 1 is 1.15 bits per heavy atom. The third-order valence-electron chi connectivity index (χ3n) is 2.75. The highest BCUT2D eigenvalue weighted by Crippen LogP contribution is 2.27. The number of halogens is 2. The number of nitro groups is 1. The summed E-state index contributed by atoms with van der Waals surface area (Å²) in [5, 5.41) is 11.3. The van der Waals surface area contributed by atoms with Gasteiger partial charge < -0.3 is 4.74 Å². The van der Waals surface area contributed by atoms with E-state index in [1.165, 1.54) is 6.07 Å². The third-order valence-corrected chi connectivity index (χ3v) is 3.41. The van der Waals surface area contributed by atoms with Crippen molar-refractivity contribution in [3.63, 3.8) is 0 Å². The van der Waals surface area contributed by atoms with Gasteiger partial charge >= 0.3 is 0 Å². The first-order valence-corrected chi connectivity index (χ1v) is 6.72. The lowest BCUT2D eigenvalue weighted by Crippen LogP contribution is -2.01. The van der Waals surface area contributed by atoms with E-state index >= 15 is 0 Å². The zero-order valence-corrected chi connectivity index (χ0v) is 11.9. The van der Waals surface area contributed by atoms with Gasteiger partial charge in [-0.25, -0.2) is 0 Å². The molecular formula is C14H11Cl2NO3. The smallest absolute Gasteiger partial charge is 0.277 e. The molecule has 0 N–H and O–H groups in total. The van der Waals surface area contributed by atoms with E-state index in [4.69, 9.17) is 27.9 Å². The van der Waals surface area contributed by atoms with Crippen LogP contribution in [0.15, 0.2) is 42.5 Å². The third kappa shape index (κ3) is 3.40. The summed E-state index contributed by atoms with van der Waals surface area (Å²) < 4.78 is 5.53. The average molecular weight is 312 g/mol. The molecule has 0 radical (unpaired) electrons. The monoisotopic (exact) mass is 311 g/mol. The maximum Gasteiger partial charge on any atom is 0.277 e. The second-order valence-corrected chi connectivity index (χ2v) is 4.74. The number of hydrogen-bond acceptors (Lipinski definition) is 3. The minimum atomic E-state index is -0.471. The van der Waals surface area contributed by atoms with Crippen molar-refractivity contribution in [2.45, 2.75) is 12.5 Å². The number of rotatable bonds is 5. The number of nitrogens with zero attached hydrogens (tertiary/aromatic N) is 1. The van der Waals surface area contributed by atoms with Crippen LogP contribution in [0.2, 0.25) is 5.02 Å². The molecule has 0 amide bonds. The molecule has 0 heterocycles. The lowest BCUT2D eigenvalue weighted by molar-refractivity contribution is -0.385. The molecule has 2 rings (SSSR count). The first kappa shape index (κ1) is 14.6. The summed E-state index contributed by atoms with van der Waals surface area (Å²) in [4.78, 5) is 10.5. The van der Waals surface area contributed by atoms with Crippen molar-refractivity contribution >= 4 is 28.9 Å². The van der Waals surface area contributed by atoms with Crippen molar-refractivity contribution in [1.29, 1.82) is 0 Å². The van der Waals surface area contributed by atoms with Crippen molar-refractivity contribution in [3.8, 4) is 5.75 Å². The highest BCUT2D eigenvalue weighted by atomic mass is 35.5. The summed E-state index contributed by atoms with van der Waals surface area (Å²) in [6.45, 7) is 0.0379. The second-order valence-electron chi connectivity index (χ2n) is 4.06. The van der Waals surface area contributed by atoms with Crippen LogP contribution in [-0.4, -0.2) is 4.92 Å². The van der Waals surface area contributed by atoms with Crippen LogP contribution < -0.4 is 4.74 Å². The highest BCUT2D eigenvalue weighted by molar-refractivity contribution is 6.31. The zero-order chi connectivity index (χ0) is 14.5. The molecule has 0 fully saturated rings. The van der Waals surface area contributed by atoms with E-state index in [2.05, 4.69) is 0 Å². The van der Waals surface area contributed by atoms with Gasteiger partial charge in [-0.2, -0.15) is 0 Å². The normalized spacial score (nSPS) is 10.3. The van der Waals surface area contributed by atoms with Crippen molar-refractivity contribution in [1.82, 2.24) is 0 Å². The molecule has 0 bridgehead atoms. The Bertz CT molecular complexity index is 614. The molecule has 0 aliphatic carbocycles. The van der Waals surface area contributed by atoms with Gasteiger partial charge in [-0.3, -0.25) is 10.1 Å². The van der Waals surface area contributed by atoms with Crippen LogP contribution in [0.3, 0.4) is 0 Å². The molecule has 4 nitrogen and oxygen atoms in total. The van der Waals surface area contributed by atoms with E-state index in [0.29, 0.717) is 22.2 Å². The summed E-state index contributed by atoms with van der Waals surface area (Å²) in [7, 11) is 0. The molecule has 2 aromatic carbocycles. The molecule has 0 aliphatic heterocycles. The van der Waals surface area contributed by atoms with E-state index in [-0.39, 0.29) is 12.3 Å². The molecule has 0 aromatic heterocycles. The lowest BCUT2D eigenvalue weighted by atomic mass is 10.2. The summed E-state index contributed by atoms with van der Waals surface area (Å²) in [6.07, 6.45) is 0. The van der Waals surface area contributed by atoms with Crippen molar-refractivity contribution in [2.24, 2.45) is 0 Å². The van der Waals surface area contributed by atoms with E-state index < -0.39 is 4.92 Å². The number of nitro benzene ring substituents is 1. The maximum atomic E-state index is 10.9. The lowest BCUT2D eigenvalue weighted by Gasteiger charge is -2.08. The molecular weight excluding hydrogens is 301 g/mol.